The molecule has 0 radical (unpaired) electrons. The molecule has 0 spiro atoms. The van der Waals surface area contributed by atoms with Crippen molar-refractivity contribution < 1.29 is 22.4 Å². The molecule has 4 aromatic rings. The lowest BCUT2D eigenvalue weighted by molar-refractivity contribution is -0.137. The number of oxazole rings is 1. The third kappa shape index (κ3) is 7.16. The van der Waals surface area contributed by atoms with E-state index >= 15 is 0 Å². The number of hydrogen-bond acceptors (Lipinski definition) is 5. The van der Waals surface area contributed by atoms with Crippen LogP contribution in [0.4, 0.5) is 13.2 Å². The first-order valence-corrected chi connectivity index (χ1v) is 11.4. The monoisotopic (exact) mass is 514 g/mol. The molecule has 4 rings (SSSR count). The van der Waals surface area contributed by atoms with Gasteiger partial charge in [0.1, 0.15) is 6.26 Å². The molecule has 10 heteroatoms. The van der Waals surface area contributed by atoms with Gasteiger partial charge in [-0.1, -0.05) is 48.0 Å². The zero-order chi connectivity index (χ0) is 25.5. The predicted octanol–water partition coefficient (Wildman–Crippen LogP) is 5.87. The standard InChI is InChI=1S/C26H22ClF3N4O2/c27-22-8-2-5-19(11-22)15-34(14-18-4-1-7-21(10-18)26(28,29)30)16-24-33-23(17-36-24)25(35)32-13-20-6-3-9-31-12-20/h1-12,17H,13-16H2,(H,32,35). The summed E-state index contributed by atoms with van der Waals surface area (Å²) in [5.41, 5.74) is 1.58. The summed E-state index contributed by atoms with van der Waals surface area (Å²) in [5, 5.41) is 3.30. The lowest BCUT2D eigenvalue weighted by Gasteiger charge is -2.22. The summed E-state index contributed by atoms with van der Waals surface area (Å²) >= 11 is 6.11. The van der Waals surface area contributed by atoms with Crippen LogP contribution in [-0.2, 0) is 32.4 Å². The first kappa shape index (κ1) is 25.4. The SMILES string of the molecule is O=C(NCc1cccnc1)c1coc(CN(Cc2cccc(Cl)c2)Cc2cccc(C(F)(F)F)c2)n1. The maximum atomic E-state index is 13.2. The molecule has 0 aliphatic rings. The van der Waals surface area contributed by atoms with Crippen molar-refractivity contribution in [2.75, 3.05) is 0 Å². The van der Waals surface area contributed by atoms with Crippen LogP contribution in [0.15, 0.2) is 83.7 Å². The normalized spacial score (nSPS) is 11.6. The fourth-order valence-electron chi connectivity index (χ4n) is 3.62. The van der Waals surface area contributed by atoms with E-state index in [1.807, 2.05) is 17.0 Å². The number of nitrogens with zero attached hydrogens (tertiary/aromatic N) is 3. The zero-order valence-corrected chi connectivity index (χ0v) is 19.8. The van der Waals surface area contributed by atoms with Crippen molar-refractivity contribution in [3.05, 3.63) is 118 Å². The molecule has 0 saturated carbocycles. The molecular formula is C26H22ClF3N4O2. The van der Waals surface area contributed by atoms with Gasteiger partial charge in [0, 0.05) is 37.1 Å². The highest BCUT2D eigenvalue weighted by Crippen LogP contribution is 2.30. The number of amides is 1. The van der Waals surface area contributed by atoms with Crippen molar-refractivity contribution in [3.63, 3.8) is 0 Å². The molecule has 0 saturated heterocycles. The van der Waals surface area contributed by atoms with E-state index in [4.69, 9.17) is 16.0 Å². The van der Waals surface area contributed by atoms with E-state index in [-0.39, 0.29) is 31.2 Å². The van der Waals surface area contributed by atoms with Crippen LogP contribution in [0.5, 0.6) is 0 Å². The van der Waals surface area contributed by atoms with Crippen molar-refractivity contribution >= 4 is 17.5 Å². The first-order valence-electron chi connectivity index (χ1n) is 11.0. The van der Waals surface area contributed by atoms with Crippen LogP contribution in [0.1, 0.15) is 38.6 Å². The summed E-state index contributed by atoms with van der Waals surface area (Å²) in [5.74, 6) is -0.149. The summed E-state index contributed by atoms with van der Waals surface area (Å²) in [6, 6.07) is 16.0. The number of pyridine rings is 1. The van der Waals surface area contributed by atoms with Gasteiger partial charge in [-0.25, -0.2) is 4.98 Å². The summed E-state index contributed by atoms with van der Waals surface area (Å²) in [4.78, 5) is 22.6. The van der Waals surface area contributed by atoms with Crippen molar-refractivity contribution in [1.82, 2.24) is 20.2 Å². The first-order chi connectivity index (χ1) is 17.3. The summed E-state index contributed by atoms with van der Waals surface area (Å²) in [6.45, 7) is 1.02. The minimum absolute atomic E-state index is 0.107. The third-order valence-electron chi connectivity index (χ3n) is 5.27. The number of alkyl halides is 3. The maximum absolute atomic E-state index is 13.2. The summed E-state index contributed by atoms with van der Waals surface area (Å²) < 4.78 is 45.1. The molecule has 186 valence electrons. The van der Waals surface area contributed by atoms with Crippen LogP contribution < -0.4 is 5.32 Å². The Bertz CT molecular complexity index is 1310. The topological polar surface area (TPSA) is 71.3 Å². The fraction of sp³-hybridized carbons (Fsp3) is 0.192. The molecule has 2 aromatic heterocycles. The molecule has 0 aliphatic carbocycles. The second-order valence-corrected chi connectivity index (χ2v) is 8.58. The Morgan fingerprint density at radius 3 is 2.39 bits per heavy atom. The number of hydrogen-bond donors (Lipinski definition) is 1. The average molecular weight is 515 g/mol. The van der Waals surface area contributed by atoms with Gasteiger partial charge in [-0.3, -0.25) is 14.7 Å². The van der Waals surface area contributed by atoms with Gasteiger partial charge < -0.3 is 9.73 Å². The van der Waals surface area contributed by atoms with Crippen LogP contribution in [0, 0.1) is 0 Å². The second-order valence-electron chi connectivity index (χ2n) is 8.14. The summed E-state index contributed by atoms with van der Waals surface area (Å²) in [7, 11) is 0. The van der Waals surface area contributed by atoms with Crippen LogP contribution in [-0.4, -0.2) is 20.8 Å². The van der Waals surface area contributed by atoms with E-state index < -0.39 is 17.6 Å². The maximum Gasteiger partial charge on any atom is 0.416 e. The number of carbonyl (C=O) groups excluding carboxylic acids is 1. The fourth-order valence-corrected chi connectivity index (χ4v) is 3.83. The Hall–Kier alpha value is -3.69. The molecule has 2 heterocycles. The molecule has 0 atom stereocenters. The number of carbonyl (C=O) groups is 1. The van der Waals surface area contributed by atoms with Crippen LogP contribution in [0.3, 0.4) is 0 Å². The predicted molar refractivity (Wildman–Crippen MR) is 128 cm³/mol. The van der Waals surface area contributed by atoms with Crippen molar-refractivity contribution in [2.24, 2.45) is 0 Å². The quantitative estimate of drug-likeness (QED) is 0.302. The van der Waals surface area contributed by atoms with Crippen molar-refractivity contribution in [3.8, 4) is 0 Å². The van der Waals surface area contributed by atoms with Gasteiger partial charge in [-0.05, 0) is 41.0 Å². The minimum Gasteiger partial charge on any atom is -0.447 e. The largest absolute Gasteiger partial charge is 0.447 e. The highest BCUT2D eigenvalue weighted by molar-refractivity contribution is 6.30. The van der Waals surface area contributed by atoms with E-state index in [0.717, 1.165) is 23.3 Å². The lowest BCUT2D eigenvalue weighted by atomic mass is 10.1. The van der Waals surface area contributed by atoms with Gasteiger partial charge in [0.05, 0.1) is 12.1 Å². The lowest BCUT2D eigenvalue weighted by Crippen LogP contribution is -2.24. The van der Waals surface area contributed by atoms with E-state index in [0.29, 0.717) is 17.1 Å². The molecule has 0 fully saturated rings. The molecule has 2 aromatic carbocycles. The van der Waals surface area contributed by atoms with E-state index in [1.54, 1.807) is 42.7 Å². The molecule has 1 N–H and O–H groups in total. The molecule has 0 aliphatic heterocycles. The van der Waals surface area contributed by atoms with Gasteiger partial charge in [0.15, 0.2) is 5.69 Å². The molecule has 0 unspecified atom stereocenters. The zero-order valence-electron chi connectivity index (χ0n) is 19.0. The third-order valence-corrected chi connectivity index (χ3v) is 5.51. The average Bonchev–Trinajstić information content (AvgIpc) is 3.31. The van der Waals surface area contributed by atoms with Gasteiger partial charge >= 0.3 is 6.18 Å². The number of aromatic nitrogens is 2. The Morgan fingerprint density at radius 1 is 0.972 bits per heavy atom. The van der Waals surface area contributed by atoms with Gasteiger partial charge in [-0.2, -0.15) is 13.2 Å². The number of nitrogens with one attached hydrogen (secondary N) is 1. The smallest absolute Gasteiger partial charge is 0.416 e. The van der Waals surface area contributed by atoms with Crippen molar-refractivity contribution in [2.45, 2.75) is 32.4 Å². The number of halogens is 4. The molecule has 6 nitrogen and oxygen atoms in total. The van der Waals surface area contributed by atoms with Crippen LogP contribution >= 0.6 is 11.6 Å². The van der Waals surface area contributed by atoms with Crippen LogP contribution in [0.2, 0.25) is 5.02 Å². The van der Waals surface area contributed by atoms with E-state index in [1.165, 1.54) is 12.3 Å². The Balaban J connectivity index is 1.48. The highest BCUT2D eigenvalue weighted by atomic mass is 35.5. The van der Waals surface area contributed by atoms with E-state index in [2.05, 4.69) is 15.3 Å². The molecule has 0 bridgehead atoms. The Labute approximate surface area is 210 Å². The van der Waals surface area contributed by atoms with Crippen molar-refractivity contribution in [1.29, 1.82) is 0 Å². The molecule has 1 amide bonds. The Morgan fingerprint density at radius 2 is 1.69 bits per heavy atom. The molecular weight excluding hydrogens is 493 g/mol. The minimum atomic E-state index is -4.44. The summed E-state index contributed by atoms with van der Waals surface area (Å²) in [6.07, 6.45) is 0.115. The van der Waals surface area contributed by atoms with Gasteiger partial charge in [0.2, 0.25) is 5.89 Å². The highest BCUT2D eigenvalue weighted by Gasteiger charge is 2.30. The van der Waals surface area contributed by atoms with Gasteiger partial charge in [0.25, 0.3) is 5.91 Å². The molecule has 36 heavy (non-hydrogen) atoms. The second kappa shape index (κ2) is 11.4. The number of rotatable bonds is 9. The van der Waals surface area contributed by atoms with Crippen LogP contribution in [0.25, 0.3) is 0 Å². The number of benzene rings is 2. The van der Waals surface area contributed by atoms with E-state index in [9.17, 15) is 18.0 Å². The Kier molecular flexibility index (Phi) is 8.02. The van der Waals surface area contributed by atoms with Gasteiger partial charge in [-0.15, -0.1) is 0 Å².